The van der Waals surface area contributed by atoms with Crippen LogP contribution in [0.4, 0.5) is 0 Å². The average Bonchev–Trinajstić information content (AvgIpc) is 3.09. The van der Waals surface area contributed by atoms with Crippen LogP contribution < -0.4 is 5.32 Å². The van der Waals surface area contributed by atoms with Crippen LogP contribution in [-0.2, 0) is 27.2 Å². The molecule has 1 heterocycles. The van der Waals surface area contributed by atoms with Crippen molar-refractivity contribution >= 4 is 22.8 Å². The Morgan fingerprint density at radius 1 is 1.11 bits per heavy atom. The zero-order valence-corrected chi connectivity index (χ0v) is 15.6. The summed E-state index contributed by atoms with van der Waals surface area (Å²) in [5.41, 5.74) is 4.26. The molecule has 2 aromatic carbocycles. The van der Waals surface area contributed by atoms with Gasteiger partial charge in [-0.15, -0.1) is 0 Å². The molecule has 0 bridgehead atoms. The van der Waals surface area contributed by atoms with Crippen molar-refractivity contribution in [3.63, 3.8) is 0 Å². The minimum absolute atomic E-state index is 0.161. The Morgan fingerprint density at radius 3 is 2.59 bits per heavy atom. The molecule has 1 atom stereocenters. The topological polar surface area (TPSA) is 71.2 Å². The van der Waals surface area contributed by atoms with E-state index in [0.29, 0.717) is 19.3 Å². The summed E-state index contributed by atoms with van der Waals surface area (Å²) >= 11 is 0. The summed E-state index contributed by atoms with van der Waals surface area (Å²) in [7, 11) is 1.34. The molecule has 0 saturated carbocycles. The molecule has 3 aromatic rings. The number of aromatic nitrogens is 1. The van der Waals surface area contributed by atoms with Crippen LogP contribution >= 0.6 is 0 Å². The lowest BCUT2D eigenvalue weighted by Gasteiger charge is -2.16. The largest absolute Gasteiger partial charge is 0.467 e. The molecule has 0 radical (unpaired) electrons. The van der Waals surface area contributed by atoms with Crippen molar-refractivity contribution in [2.24, 2.45) is 0 Å². The standard InChI is InChI=1S/C22H24N2O3/c1-15-7-9-16(10-8-15)11-12-21(25)24-20(22(26)27-2)13-17-14-23-19-6-4-3-5-18(17)19/h3-10,14,20,23H,11-13H2,1-2H3,(H,24,25). The van der Waals surface area contributed by atoms with E-state index in [1.807, 2.05) is 61.7 Å². The highest BCUT2D eigenvalue weighted by atomic mass is 16.5. The molecule has 140 valence electrons. The van der Waals surface area contributed by atoms with E-state index in [2.05, 4.69) is 10.3 Å². The van der Waals surface area contributed by atoms with Gasteiger partial charge in [0.2, 0.25) is 5.91 Å². The quantitative estimate of drug-likeness (QED) is 0.632. The van der Waals surface area contributed by atoms with Gasteiger partial charge in [0.25, 0.3) is 0 Å². The van der Waals surface area contributed by atoms with Crippen molar-refractivity contribution in [3.05, 3.63) is 71.4 Å². The van der Waals surface area contributed by atoms with E-state index < -0.39 is 12.0 Å². The van der Waals surface area contributed by atoms with Crippen molar-refractivity contribution in [3.8, 4) is 0 Å². The molecule has 0 spiro atoms. The fourth-order valence-electron chi connectivity index (χ4n) is 3.14. The number of ether oxygens (including phenoxy) is 1. The Bertz CT molecular complexity index is 928. The number of amides is 1. The number of para-hydroxylation sites is 1. The van der Waals surface area contributed by atoms with Gasteiger partial charge in [0.05, 0.1) is 7.11 Å². The summed E-state index contributed by atoms with van der Waals surface area (Å²) in [5, 5.41) is 3.87. The van der Waals surface area contributed by atoms with Crippen LogP contribution in [0, 0.1) is 6.92 Å². The summed E-state index contributed by atoms with van der Waals surface area (Å²) in [6.07, 6.45) is 3.21. The number of H-pyrrole nitrogens is 1. The molecule has 0 aliphatic rings. The van der Waals surface area contributed by atoms with Crippen LogP contribution in [0.5, 0.6) is 0 Å². The molecule has 0 aliphatic carbocycles. The first-order valence-corrected chi connectivity index (χ1v) is 9.04. The van der Waals surface area contributed by atoms with Gasteiger partial charge >= 0.3 is 5.97 Å². The second kappa shape index (κ2) is 8.54. The van der Waals surface area contributed by atoms with Crippen molar-refractivity contribution in [1.29, 1.82) is 0 Å². The number of nitrogens with one attached hydrogen (secondary N) is 2. The van der Waals surface area contributed by atoms with E-state index in [1.54, 1.807) is 0 Å². The van der Waals surface area contributed by atoms with E-state index in [9.17, 15) is 9.59 Å². The van der Waals surface area contributed by atoms with Gasteiger partial charge in [0, 0.05) is 29.9 Å². The number of methoxy groups -OCH3 is 1. The van der Waals surface area contributed by atoms with E-state index in [4.69, 9.17) is 4.74 Å². The van der Waals surface area contributed by atoms with Crippen LogP contribution in [0.3, 0.4) is 0 Å². The van der Waals surface area contributed by atoms with Crippen LogP contribution in [0.2, 0.25) is 0 Å². The highest BCUT2D eigenvalue weighted by Gasteiger charge is 2.23. The summed E-state index contributed by atoms with van der Waals surface area (Å²) in [5.74, 6) is -0.602. The maximum Gasteiger partial charge on any atom is 0.328 e. The fourth-order valence-corrected chi connectivity index (χ4v) is 3.14. The van der Waals surface area contributed by atoms with Crippen LogP contribution in [0.25, 0.3) is 10.9 Å². The van der Waals surface area contributed by atoms with Gasteiger partial charge in [0.1, 0.15) is 6.04 Å². The van der Waals surface area contributed by atoms with Gasteiger partial charge in [-0.3, -0.25) is 4.79 Å². The molecule has 5 nitrogen and oxygen atoms in total. The Morgan fingerprint density at radius 2 is 1.85 bits per heavy atom. The smallest absolute Gasteiger partial charge is 0.328 e. The minimum atomic E-state index is -0.709. The number of fused-ring (bicyclic) bond motifs is 1. The highest BCUT2D eigenvalue weighted by molar-refractivity contribution is 5.87. The van der Waals surface area contributed by atoms with E-state index in [-0.39, 0.29) is 5.91 Å². The molecule has 0 aliphatic heterocycles. The molecular formula is C22H24N2O3. The number of aromatic amines is 1. The second-order valence-corrected chi connectivity index (χ2v) is 6.69. The third-order valence-corrected chi connectivity index (χ3v) is 4.68. The summed E-state index contributed by atoms with van der Waals surface area (Å²) in [4.78, 5) is 27.7. The maximum atomic E-state index is 12.4. The lowest BCUT2D eigenvalue weighted by molar-refractivity contribution is -0.145. The number of aryl methyl sites for hydroxylation is 2. The number of carbonyl (C=O) groups excluding carboxylic acids is 2. The average molecular weight is 364 g/mol. The van der Waals surface area contributed by atoms with Crippen LogP contribution in [-0.4, -0.2) is 30.0 Å². The van der Waals surface area contributed by atoms with Crippen molar-refractivity contribution < 1.29 is 14.3 Å². The third kappa shape index (κ3) is 4.76. The lowest BCUT2D eigenvalue weighted by atomic mass is 10.0. The van der Waals surface area contributed by atoms with Gasteiger partial charge in [-0.2, -0.15) is 0 Å². The Kier molecular flexibility index (Phi) is 5.91. The first kappa shape index (κ1) is 18.7. The Labute approximate surface area is 158 Å². The van der Waals surface area contributed by atoms with E-state index in [0.717, 1.165) is 22.0 Å². The van der Waals surface area contributed by atoms with Crippen molar-refractivity contribution in [2.45, 2.75) is 32.2 Å². The Hall–Kier alpha value is -3.08. The minimum Gasteiger partial charge on any atom is -0.467 e. The number of hydrogen-bond donors (Lipinski definition) is 2. The van der Waals surface area contributed by atoms with Gasteiger partial charge < -0.3 is 15.0 Å². The SMILES string of the molecule is COC(=O)C(Cc1c[nH]c2ccccc12)NC(=O)CCc1ccc(C)cc1. The first-order valence-electron chi connectivity index (χ1n) is 9.04. The highest BCUT2D eigenvalue weighted by Crippen LogP contribution is 2.19. The molecular weight excluding hydrogens is 340 g/mol. The number of rotatable bonds is 7. The molecule has 5 heteroatoms. The number of esters is 1. The number of carbonyl (C=O) groups is 2. The molecule has 2 N–H and O–H groups in total. The predicted molar refractivity (Wildman–Crippen MR) is 105 cm³/mol. The van der Waals surface area contributed by atoms with Crippen molar-refractivity contribution in [2.75, 3.05) is 7.11 Å². The van der Waals surface area contributed by atoms with Crippen LogP contribution in [0.15, 0.2) is 54.7 Å². The monoisotopic (exact) mass is 364 g/mol. The fraction of sp³-hybridized carbons (Fsp3) is 0.273. The zero-order chi connectivity index (χ0) is 19.2. The van der Waals surface area contributed by atoms with Gasteiger partial charge in [0.15, 0.2) is 0 Å². The third-order valence-electron chi connectivity index (χ3n) is 4.68. The normalized spacial score (nSPS) is 11.9. The van der Waals surface area contributed by atoms with Gasteiger partial charge in [-0.05, 0) is 30.5 Å². The molecule has 0 saturated heterocycles. The van der Waals surface area contributed by atoms with Gasteiger partial charge in [-0.1, -0.05) is 48.0 Å². The molecule has 1 aromatic heterocycles. The number of hydrogen-bond acceptors (Lipinski definition) is 3. The lowest BCUT2D eigenvalue weighted by Crippen LogP contribution is -2.43. The van der Waals surface area contributed by atoms with Crippen LogP contribution in [0.1, 0.15) is 23.1 Å². The van der Waals surface area contributed by atoms with E-state index >= 15 is 0 Å². The molecule has 1 unspecified atom stereocenters. The molecule has 3 rings (SSSR count). The summed E-state index contributed by atoms with van der Waals surface area (Å²) in [6.45, 7) is 2.03. The summed E-state index contributed by atoms with van der Waals surface area (Å²) < 4.78 is 4.89. The second-order valence-electron chi connectivity index (χ2n) is 6.69. The number of benzene rings is 2. The van der Waals surface area contributed by atoms with E-state index in [1.165, 1.54) is 12.7 Å². The molecule has 0 fully saturated rings. The Balaban J connectivity index is 1.65. The molecule has 27 heavy (non-hydrogen) atoms. The first-order chi connectivity index (χ1) is 13.1. The predicted octanol–water partition coefficient (Wildman–Crippen LogP) is 3.31. The summed E-state index contributed by atoms with van der Waals surface area (Å²) in [6, 6.07) is 15.3. The molecule has 1 amide bonds. The zero-order valence-electron chi connectivity index (χ0n) is 15.6. The maximum absolute atomic E-state index is 12.4. The van der Waals surface area contributed by atoms with Crippen molar-refractivity contribution in [1.82, 2.24) is 10.3 Å². The van der Waals surface area contributed by atoms with Gasteiger partial charge in [-0.25, -0.2) is 4.79 Å².